The number of hydrogen-bond donors (Lipinski definition) is 4. The molecule has 36 heavy (non-hydrogen) atoms. The molecule has 1 aliphatic rings. The van der Waals surface area contributed by atoms with Gasteiger partial charge >= 0.3 is 5.97 Å². The van der Waals surface area contributed by atoms with Crippen molar-refractivity contribution in [3.05, 3.63) is 58.3 Å². The maximum Gasteiger partial charge on any atom is 0.376 e. The summed E-state index contributed by atoms with van der Waals surface area (Å²) in [5.74, 6) is -2.65. The Hall–Kier alpha value is -3.86. The van der Waals surface area contributed by atoms with Gasteiger partial charge in [0.15, 0.2) is 5.82 Å². The van der Waals surface area contributed by atoms with Crippen LogP contribution in [0.3, 0.4) is 0 Å². The molecule has 4 rings (SSSR count). The highest BCUT2D eigenvalue weighted by molar-refractivity contribution is 9.10. The van der Waals surface area contributed by atoms with Crippen molar-refractivity contribution in [1.82, 2.24) is 14.9 Å². The van der Waals surface area contributed by atoms with Gasteiger partial charge in [-0.2, -0.15) is 0 Å². The Kier molecular flexibility index (Phi) is 7.30. The quantitative estimate of drug-likeness (QED) is 0.197. The number of aliphatic hydroxyl groups excluding tert-OH is 1. The SMILES string of the molecule is CC(C)Nc1cccnc1N1CCN(C(=O)c2[nH]c3ccc(/C(O)=C/C(=O)C(=O)O)cc3c2Br)CC1. The van der Waals surface area contributed by atoms with Gasteiger partial charge in [0.2, 0.25) is 0 Å². The van der Waals surface area contributed by atoms with Crippen LogP contribution in [0.25, 0.3) is 16.7 Å². The van der Waals surface area contributed by atoms with Gasteiger partial charge in [0.05, 0.1) is 10.2 Å². The zero-order chi connectivity index (χ0) is 26.0. The van der Waals surface area contributed by atoms with Gasteiger partial charge in [0, 0.05) is 61.0 Å². The molecule has 4 N–H and O–H groups in total. The first-order valence-electron chi connectivity index (χ1n) is 11.4. The molecule has 2 aromatic heterocycles. The Morgan fingerprint density at radius 3 is 2.53 bits per heavy atom. The summed E-state index contributed by atoms with van der Waals surface area (Å²) in [5, 5.41) is 22.9. The van der Waals surface area contributed by atoms with Crippen molar-refractivity contribution >= 4 is 61.8 Å². The molecule has 10 nitrogen and oxygen atoms in total. The number of halogens is 1. The number of carbonyl (C=O) groups is 3. The Morgan fingerprint density at radius 1 is 1.14 bits per heavy atom. The minimum Gasteiger partial charge on any atom is -0.507 e. The van der Waals surface area contributed by atoms with Gasteiger partial charge < -0.3 is 30.3 Å². The average Bonchev–Trinajstić information content (AvgIpc) is 3.19. The number of pyridine rings is 1. The second-order valence-electron chi connectivity index (χ2n) is 8.73. The van der Waals surface area contributed by atoms with Gasteiger partial charge in [-0.1, -0.05) is 0 Å². The van der Waals surface area contributed by atoms with E-state index in [-0.39, 0.29) is 17.5 Å². The smallest absolute Gasteiger partial charge is 0.376 e. The molecule has 3 heterocycles. The van der Waals surface area contributed by atoms with Gasteiger partial charge in [-0.3, -0.25) is 9.59 Å². The summed E-state index contributed by atoms with van der Waals surface area (Å²) in [4.78, 5) is 47.1. The summed E-state index contributed by atoms with van der Waals surface area (Å²) < 4.78 is 0.525. The first kappa shape index (κ1) is 25.2. The molecule has 1 amide bonds. The summed E-state index contributed by atoms with van der Waals surface area (Å²) in [6.45, 7) is 6.44. The van der Waals surface area contributed by atoms with E-state index in [9.17, 15) is 19.5 Å². The van der Waals surface area contributed by atoms with Crippen LogP contribution in [0.1, 0.15) is 29.9 Å². The van der Waals surface area contributed by atoms with Crippen LogP contribution < -0.4 is 10.2 Å². The molecule has 3 aromatic rings. The fourth-order valence-corrected chi connectivity index (χ4v) is 4.68. The van der Waals surface area contributed by atoms with Crippen LogP contribution in [0.2, 0.25) is 0 Å². The maximum atomic E-state index is 13.3. The predicted octanol–water partition coefficient (Wildman–Crippen LogP) is 3.66. The van der Waals surface area contributed by atoms with Gasteiger partial charge in [-0.05, 0) is 60.1 Å². The van der Waals surface area contributed by atoms with Crippen LogP contribution in [-0.2, 0) is 9.59 Å². The van der Waals surface area contributed by atoms with E-state index in [1.165, 1.54) is 6.07 Å². The summed E-state index contributed by atoms with van der Waals surface area (Å²) in [6.07, 6.45) is 2.41. The van der Waals surface area contributed by atoms with Gasteiger partial charge in [0.1, 0.15) is 11.5 Å². The van der Waals surface area contributed by atoms with Gasteiger partial charge in [-0.25, -0.2) is 9.78 Å². The summed E-state index contributed by atoms with van der Waals surface area (Å²) >= 11 is 3.49. The van der Waals surface area contributed by atoms with E-state index in [0.29, 0.717) is 53.3 Å². The number of hydrogen-bond acceptors (Lipinski definition) is 7. The lowest BCUT2D eigenvalue weighted by Crippen LogP contribution is -2.49. The lowest BCUT2D eigenvalue weighted by molar-refractivity contribution is -0.146. The van der Waals surface area contributed by atoms with E-state index >= 15 is 0 Å². The zero-order valence-corrected chi connectivity index (χ0v) is 21.4. The lowest BCUT2D eigenvalue weighted by Gasteiger charge is -2.36. The first-order valence-corrected chi connectivity index (χ1v) is 12.2. The number of nitrogens with zero attached hydrogens (tertiary/aromatic N) is 3. The number of carboxylic acids is 1. The molecule has 1 aliphatic heterocycles. The van der Waals surface area contributed by atoms with Crippen molar-refractivity contribution in [3.8, 4) is 0 Å². The number of carboxylic acid groups (broad SMARTS) is 1. The van der Waals surface area contributed by atoms with Crippen LogP contribution in [0.4, 0.5) is 11.5 Å². The topological polar surface area (TPSA) is 139 Å². The number of aromatic amines is 1. The molecule has 0 radical (unpaired) electrons. The first-order chi connectivity index (χ1) is 17.2. The highest BCUT2D eigenvalue weighted by atomic mass is 79.9. The van der Waals surface area contributed by atoms with Crippen molar-refractivity contribution in [2.75, 3.05) is 36.4 Å². The second kappa shape index (κ2) is 10.4. The molecule has 1 saturated heterocycles. The normalized spacial score (nSPS) is 14.4. The highest BCUT2D eigenvalue weighted by Gasteiger charge is 2.27. The minimum absolute atomic E-state index is 0.165. The molecule has 0 aliphatic carbocycles. The lowest BCUT2D eigenvalue weighted by atomic mass is 10.1. The number of aromatic nitrogens is 2. The van der Waals surface area contributed by atoms with E-state index < -0.39 is 17.5 Å². The molecule has 11 heteroatoms. The summed E-state index contributed by atoms with van der Waals surface area (Å²) in [5.41, 5.74) is 2.25. The molecule has 0 spiro atoms. The van der Waals surface area contributed by atoms with Crippen molar-refractivity contribution < 1.29 is 24.6 Å². The van der Waals surface area contributed by atoms with Crippen LogP contribution >= 0.6 is 15.9 Å². The molecule has 0 bridgehead atoms. The fraction of sp³-hybridized carbons (Fsp3) is 0.280. The molecule has 1 fully saturated rings. The summed E-state index contributed by atoms with van der Waals surface area (Å²) in [7, 11) is 0. The Bertz CT molecular complexity index is 1360. The zero-order valence-electron chi connectivity index (χ0n) is 19.8. The standard InChI is InChI=1S/C25H26BrN5O5/c1-14(2)28-18-4-3-7-27-23(18)30-8-10-31(11-9-30)24(34)22-21(26)16-12-15(5-6-17(16)29-22)19(32)13-20(33)25(35)36/h3-7,12-14,28-29,32H,8-11H2,1-2H3,(H,35,36)/b19-13-. The molecule has 0 saturated carbocycles. The number of aliphatic hydroxyl groups is 1. The molecular formula is C25H26BrN5O5. The number of benzene rings is 1. The van der Waals surface area contributed by atoms with E-state index in [0.717, 1.165) is 11.5 Å². The third-order valence-corrected chi connectivity index (χ3v) is 6.64. The monoisotopic (exact) mass is 555 g/mol. The number of carbonyl (C=O) groups excluding carboxylic acids is 2. The number of anilines is 2. The number of amides is 1. The Labute approximate surface area is 215 Å². The third-order valence-electron chi connectivity index (χ3n) is 5.82. The number of ketones is 1. The van der Waals surface area contributed by atoms with E-state index in [4.69, 9.17) is 5.11 Å². The largest absolute Gasteiger partial charge is 0.507 e. The van der Waals surface area contributed by atoms with Crippen LogP contribution in [-0.4, -0.2) is 75.0 Å². The second-order valence-corrected chi connectivity index (χ2v) is 9.52. The number of nitrogens with one attached hydrogen (secondary N) is 2. The molecule has 0 unspecified atom stereocenters. The van der Waals surface area contributed by atoms with Crippen molar-refractivity contribution in [2.45, 2.75) is 19.9 Å². The Balaban J connectivity index is 1.51. The molecule has 188 valence electrons. The number of fused-ring (bicyclic) bond motifs is 1. The number of aliphatic carboxylic acids is 1. The van der Waals surface area contributed by atoms with Gasteiger partial charge in [0.25, 0.3) is 11.7 Å². The summed E-state index contributed by atoms with van der Waals surface area (Å²) in [6, 6.07) is 8.94. The van der Waals surface area contributed by atoms with Crippen LogP contribution in [0, 0.1) is 0 Å². The number of piperazine rings is 1. The highest BCUT2D eigenvalue weighted by Crippen LogP contribution is 2.31. The van der Waals surface area contributed by atoms with E-state index in [1.54, 1.807) is 23.2 Å². The van der Waals surface area contributed by atoms with Crippen molar-refractivity contribution in [1.29, 1.82) is 0 Å². The maximum absolute atomic E-state index is 13.3. The molecule has 1 aromatic carbocycles. The Morgan fingerprint density at radius 2 is 1.86 bits per heavy atom. The molecular weight excluding hydrogens is 530 g/mol. The average molecular weight is 556 g/mol. The molecule has 0 atom stereocenters. The predicted molar refractivity (Wildman–Crippen MR) is 140 cm³/mol. The fourth-order valence-electron chi connectivity index (χ4n) is 4.09. The van der Waals surface area contributed by atoms with E-state index in [2.05, 4.69) is 50.0 Å². The van der Waals surface area contributed by atoms with E-state index in [1.807, 2.05) is 12.1 Å². The van der Waals surface area contributed by atoms with Crippen molar-refractivity contribution in [3.63, 3.8) is 0 Å². The number of rotatable bonds is 7. The van der Waals surface area contributed by atoms with Crippen LogP contribution in [0.15, 0.2) is 47.1 Å². The van der Waals surface area contributed by atoms with Crippen LogP contribution in [0.5, 0.6) is 0 Å². The van der Waals surface area contributed by atoms with Crippen molar-refractivity contribution in [2.24, 2.45) is 0 Å². The third kappa shape index (κ3) is 5.20. The minimum atomic E-state index is -1.66. The number of H-pyrrole nitrogens is 1. The van der Waals surface area contributed by atoms with Gasteiger partial charge in [-0.15, -0.1) is 0 Å².